The Bertz CT molecular complexity index is 170. The van der Waals surface area contributed by atoms with Crippen molar-refractivity contribution in [3.8, 4) is 0 Å². The van der Waals surface area contributed by atoms with Crippen LogP contribution in [0.25, 0.3) is 0 Å². The molecule has 1 unspecified atom stereocenters. The van der Waals surface area contributed by atoms with E-state index in [4.69, 9.17) is 9.42 Å². The van der Waals surface area contributed by atoms with Gasteiger partial charge in [0.05, 0.1) is 6.61 Å². The van der Waals surface area contributed by atoms with Gasteiger partial charge in [0.2, 0.25) is 0 Å². The van der Waals surface area contributed by atoms with E-state index in [9.17, 15) is 4.57 Å². The Hall–Kier alpha value is 0.110. The Labute approximate surface area is 73.9 Å². The second-order valence-corrected chi connectivity index (χ2v) is 5.05. The SMILES string of the molecule is CC(C)COP(=O)(O)NC(C)C. The molecule has 0 aromatic carbocycles. The highest BCUT2D eigenvalue weighted by Crippen LogP contribution is 2.37. The Balaban J connectivity index is 3.80. The zero-order valence-corrected chi connectivity index (χ0v) is 8.97. The maximum absolute atomic E-state index is 11.2. The van der Waals surface area contributed by atoms with Crippen molar-refractivity contribution in [2.75, 3.05) is 6.61 Å². The van der Waals surface area contributed by atoms with Gasteiger partial charge in [-0.05, 0) is 19.8 Å². The molecule has 2 N–H and O–H groups in total. The number of hydrogen-bond acceptors (Lipinski definition) is 2. The lowest BCUT2D eigenvalue weighted by molar-refractivity contribution is 0.219. The number of nitrogens with one attached hydrogen (secondary N) is 1. The maximum atomic E-state index is 11.2. The van der Waals surface area contributed by atoms with Crippen molar-refractivity contribution < 1.29 is 14.0 Å². The first-order valence-corrected chi connectivity index (χ1v) is 5.66. The Morgan fingerprint density at radius 3 is 2.25 bits per heavy atom. The molecule has 0 saturated carbocycles. The third kappa shape index (κ3) is 6.80. The lowest BCUT2D eigenvalue weighted by Crippen LogP contribution is -2.21. The van der Waals surface area contributed by atoms with E-state index in [0.29, 0.717) is 6.61 Å². The summed E-state index contributed by atoms with van der Waals surface area (Å²) in [6.45, 7) is 7.74. The normalized spacial score (nSPS) is 16.9. The molecule has 1 atom stereocenters. The van der Waals surface area contributed by atoms with Gasteiger partial charge < -0.3 is 4.89 Å². The second-order valence-electron chi connectivity index (χ2n) is 3.49. The van der Waals surface area contributed by atoms with Crippen LogP contribution in [0, 0.1) is 5.92 Å². The minimum atomic E-state index is -3.55. The summed E-state index contributed by atoms with van der Waals surface area (Å²) in [7, 11) is -3.55. The molecule has 5 heteroatoms. The van der Waals surface area contributed by atoms with Crippen molar-refractivity contribution in [3.05, 3.63) is 0 Å². The van der Waals surface area contributed by atoms with Gasteiger partial charge in [0.1, 0.15) is 0 Å². The second kappa shape index (κ2) is 4.97. The molecular weight excluding hydrogens is 177 g/mol. The van der Waals surface area contributed by atoms with Crippen LogP contribution in [-0.2, 0) is 9.09 Å². The quantitative estimate of drug-likeness (QED) is 0.656. The summed E-state index contributed by atoms with van der Waals surface area (Å²) in [5, 5.41) is 2.46. The van der Waals surface area contributed by atoms with Crippen LogP contribution in [0.1, 0.15) is 27.7 Å². The molecule has 0 aromatic heterocycles. The predicted octanol–water partition coefficient (Wildman–Crippen LogP) is 1.76. The highest BCUT2D eigenvalue weighted by atomic mass is 31.2. The van der Waals surface area contributed by atoms with Crippen molar-refractivity contribution >= 4 is 7.75 Å². The summed E-state index contributed by atoms with van der Waals surface area (Å²) < 4.78 is 16.0. The summed E-state index contributed by atoms with van der Waals surface area (Å²) in [5.74, 6) is 0.263. The van der Waals surface area contributed by atoms with Gasteiger partial charge in [0.15, 0.2) is 0 Å². The van der Waals surface area contributed by atoms with Crippen LogP contribution >= 0.6 is 7.75 Å². The minimum Gasteiger partial charge on any atom is -0.312 e. The fourth-order valence-electron chi connectivity index (χ4n) is 0.614. The van der Waals surface area contributed by atoms with Crippen LogP contribution in [0.5, 0.6) is 0 Å². The largest absolute Gasteiger partial charge is 0.403 e. The Morgan fingerprint density at radius 2 is 1.92 bits per heavy atom. The van der Waals surface area contributed by atoms with Crippen molar-refractivity contribution in [3.63, 3.8) is 0 Å². The molecule has 4 nitrogen and oxygen atoms in total. The average molecular weight is 195 g/mol. The zero-order valence-electron chi connectivity index (χ0n) is 8.07. The first-order chi connectivity index (χ1) is 5.33. The lowest BCUT2D eigenvalue weighted by atomic mass is 10.2. The van der Waals surface area contributed by atoms with Gasteiger partial charge in [-0.2, -0.15) is 0 Å². The highest BCUT2D eigenvalue weighted by molar-refractivity contribution is 7.50. The molecule has 0 fully saturated rings. The fraction of sp³-hybridized carbons (Fsp3) is 1.00. The van der Waals surface area contributed by atoms with Crippen molar-refractivity contribution in [1.29, 1.82) is 0 Å². The average Bonchev–Trinajstić information content (AvgIpc) is 1.81. The van der Waals surface area contributed by atoms with Crippen molar-refractivity contribution in [1.82, 2.24) is 5.09 Å². The summed E-state index contributed by atoms with van der Waals surface area (Å²) in [6, 6.07) is -0.0482. The fourth-order valence-corrected chi connectivity index (χ4v) is 1.84. The van der Waals surface area contributed by atoms with Crippen LogP contribution in [0.4, 0.5) is 0 Å². The van der Waals surface area contributed by atoms with E-state index >= 15 is 0 Å². The summed E-state index contributed by atoms with van der Waals surface area (Å²) in [4.78, 5) is 9.16. The summed E-state index contributed by atoms with van der Waals surface area (Å²) >= 11 is 0. The van der Waals surface area contributed by atoms with Gasteiger partial charge in [-0.3, -0.25) is 4.52 Å². The van der Waals surface area contributed by atoms with E-state index in [0.717, 1.165) is 0 Å². The standard InChI is InChI=1S/C7H18NO3P/c1-6(2)5-11-12(9,10)8-7(3)4/h6-7H,5H2,1-4H3,(H2,8,9,10). The molecule has 12 heavy (non-hydrogen) atoms. The molecule has 0 aliphatic rings. The molecule has 0 aromatic rings. The van der Waals surface area contributed by atoms with Gasteiger partial charge in [0.25, 0.3) is 0 Å². The third-order valence-corrected chi connectivity index (χ3v) is 2.35. The van der Waals surface area contributed by atoms with Gasteiger partial charge in [-0.1, -0.05) is 13.8 Å². The molecule has 0 bridgehead atoms. The number of rotatable bonds is 5. The Kier molecular flexibility index (Phi) is 5.02. The highest BCUT2D eigenvalue weighted by Gasteiger charge is 2.20. The van der Waals surface area contributed by atoms with E-state index in [1.807, 2.05) is 13.8 Å². The molecule has 0 radical (unpaired) electrons. The molecule has 0 spiro atoms. The van der Waals surface area contributed by atoms with E-state index in [2.05, 4.69) is 5.09 Å². The van der Waals surface area contributed by atoms with Gasteiger partial charge in [-0.25, -0.2) is 9.65 Å². The van der Waals surface area contributed by atoms with Crippen LogP contribution in [-0.4, -0.2) is 17.5 Å². The molecule has 0 aliphatic heterocycles. The van der Waals surface area contributed by atoms with Gasteiger partial charge in [0, 0.05) is 6.04 Å². The van der Waals surface area contributed by atoms with Gasteiger partial charge >= 0.3 is 7.75 Å². The van der Waals surface area contributed by atoms with Crippen LogP contribution in [0.2, 0.25) is 0 Å². The number of hydrogen-bond donors (Lipinski definition) is 2. The van der Waals surface area contributed by atoms with Crippen molar-refractivity contribution in [2.45, 2.75) is 33.7 Å². The molecular formula is C7H18NO3P. The van der Waals surface area contributed by atoms with Crippen LogP contribution < -0.4 is 5.09 Å². The summed E-state index contributed by atoms with van der Waals surface area (Å²) in [6.07, 6.45) is 0. The minimum absolute atomic E-state index is 0.0482. The molecule has 74 valence electrons. The molecule has 0 amide bonds. The van der Waals surface area contributed by atoms with Gasteiger partial charge in [-0.15, -0.1) is 0 Å². The van der Waals surface area contributed by atoms with E-state index in [-0.39, 0.29) is 12.0 Å². The van der Waals surface area contributed by atoms with E-state index in [1.54, 1.807) is 13.8 Å². The van der Waals surface area contributed by atoms with Crippen molar-refractivity contribution in [2.24, 2.45) is 5.92 Å². The van der Waals surface area contributed by atoms with Crippen LogP contribution in [0.3, 0.4) is 0 Å². The lowest BCUT2D eigenvalue weighted by Gasteiger charge is -2.16. The summed E-state index contributed by atoms with van der Waals surface area (Å²) in [5.41, 5.74) is 0. The van der Waals surface area contributed by atoms with E-state index in [1.165, 1.54) is 0 Å². The molecule has 0 heterocycles. The predicted molar refractivity (Wildman–Crippen MR) is 48.9 cm³/mol. The smallest absolute Gasteiger partial charge is 0.312 e. The third-order valence-electron chi connectivity index (χ3n) is 1.00. The molecule has 0 rings (SSSR count). The maximum Gasteiger partial charge on any atom is 0.403 e. The first kappa shape index (κ1) is 12.1. The first-order valence-electron chi connectivity index (χ1n) is 4.08. The Morgan fingerprint density at radius 1 is 1.42 bits per heavy atom. The molecule has 0 aliphatic carbocycles. The van der Waals surface area contributed by atoms with E-state index < -0.39 is 7.75 Å². The topological polar surface area (TPSA) is 58.6 Å². The zero-order chi connectivity index (χ0) is 9.78. The monoisotopic (exact) mass is 195 g/mol. The van der Waals surface area contributed by atoms with Crippen LogP contribution in [0.15, 0.2) is 0 Å². The molecule has 0 saturated heterocycles.